The average Bonchev–Trinajstić information content (AvgIpc) is 2.74. The monoisotopic (exact) mass is 411 g/mol. The number of aromatic nitrogens is 1. The molecule has 3 rings (SSSR count). The molecule has 0 saturated carbocycles. The number of benzene rings is 1. The van der Waals surface area contributed by atoms with Crippen molar-refractivity contribution in [2.75, 3.05) is 39.8 Å². The van der Waals surface area contributed by atoms with E-state index in [1.54, 1.807) is 22.6 Å². The highest BCUT2D eigenvalue weighted by atomic mass is 16.5. The fourth-order valence-electron chi connectivity index (χ4n) is 3.64. The molecule has 0 spiro atoms. The predicted molar refractivity (Wildman–Crippen MR) is 115 cm³/mol. The lowest BCUT2D eigenvalue weighted by Gasteiger charge is -2.34. The molecule has 1 aliphatic rings. The molecular weight excluding hydrogens is 382 g/mol. The second kappa shape index (κ2) is 9.26. The highest BCUT2D eigenvalue weighted by molar-refractivity contribution is 5.95. The number of methoxy groups -OCH3 is 1. The van der Waals surface area contributed by atoms with Crippen LogP contribution in [0.1, 0.15) is 41.3 Å². The van der Waals surface area contributed by atoms with E-state index in [9.17, 15) is 14.4 Å². The number of carbonyl (C=O) groups excluding carboxylic acids is 2. The third kappa shape index (κ3) is 4.62. The quantitative estimate of drug-likeness (QED) is 0.706. The Hall–Kier alpha value is -2.93. The highest BCUT2D eigenvalue weighted by Crippen LogP contribution is 2.18. The SMILES string of the molecule is COC(=O)CN1CCN(C(=O)c2c(C)ccn(-c3cccc(C(C)C)c3)c2=O)CC1. The third-order valence-corrected chi connectivity index (χ3v) is 5.57. The summed E-state index contributed by atoms with van der Waals surface area (Å²) >= 11 is 0. The Balaban J connectivity index is 1.84. The second-order valence-electron chi connectivity index (χ2n) is 7.94. The van der Waals surface area contributed by atoms with Gasteiger partial charge in [-0.05, 0) is 42.2 Å². The Labute approximate surface area is 176 Å². The maximum atomic E-state index is 13.2. The number of ether oxygens (including phenoxy) is 1. The van der Waals surface area contributed by atoms with E-state index >= 15 is 0 Å². The summed E-state index contributed by atoms with van der Waals surface area (Å²) in [5, 5.41) is 0. The molecule has 160 valence electrons. The molecule has 7 nitrogen and oxygen atoms in total. The van der Waals surface area contributed by atoms with E-state index in [-0.39, 0.29) is 29.5 Å². The number of rotatable bonds is 5. The lowest BCUT2D eigenvalue weighted by molar-refractivity contribution is -0.142. The zero-order valence-corrected chi connectivity index (χ0v) is 18.1. The maximum absolute atomic E-state index is 13.2. The molecule has 1 aromatic carbocycles. The third-order valence-electron chi connectivity index (χ3n) is 5.57. The van der Waals surface area contributed by atoms with E-state index in [1.807, 2.05) is 35.2 Å². The van der Waals surface area contributed by atoms with Gasteiger partial charge in [0.05, 0.1) is 13.7 Å². The number of hydrogen-bond donors (Lipinski definition) is 0. The maximum Gasteiger partial charge on any atom is 0.319 e. The summed E-state index contributed by atoms with van der Waals surface area (Å²) in [6.07, 6.45) is 1.72. The van der Waals surface area contributed by atoms with Gasteiger partial charge in [0, 0.05) is 38.1 Å². The fourth-order valence-corrected chi connectivity index (χ4v) is 3.64. The number of piperazine rings is 1. The van der Waals surface area contributed by atoms with Crippen LogP contribution in [-0.4, -0.2) is 66.1 Å². The van der Waals surface area contributed by atoms with Gasteiger partial charge in [0.15, 0.2) is 0 Å². The molecule has 1 saturated heterocycles. The van der Waals surface area contributed by atoms with Crippen LogP contribution in [0.2, 0.25) is 0 Å². The van der Waals surface area contributed by atoms with Crippen molar-refractivity contribution < 1.29 is 14.3 Å². The Kier molecular flexibility index (Phi) is 6.72. The highest BCUT2D eigenvalue weighted by Gasteiger charge is 2.26. The molecule has 0 N–H and O–H groups in total. The number of esters is 1. The van der Waals surface area contributed by atoms with Gasteiger partial charge in [-0.3, -0.25) is 23.9 Å². The lowest BCUT2D eigenvalue weighted by Crippen LogP contribution is -2.51. The van der Waals surface area contributed by atoms with Gasteiger partial charge in [-0.2, -0.15) is 0 Å². The Morgan fingerprint density at radius 1 is 1.10 bits per heavy atom. The van der Waals surface area contributed by atoms with Crippen molar-refractivity contribution in [1.82, 2.24) is 14.4 Å². The van der Waals surface area contributed by atoms with Crippen LogP contribution in [0.4, 0.5) is 0 Å². The number of nitrogens with zero attached hydrogens (tertiary/aromatic N) is 3. The van der Waals surface area contributed by atoms with Gasteiger partial charge in [-0.25, -0.2) is 0 Å². The summed E-state index contributed by atoms with van der Waals surface area (Å²) in [7, 11) is 1.36. The van der Waals surface area contributed by atoms with E-state index in [4.69, 9.17) is 4.74 Å². The summed E-state index contributed by atoms with van der Waals surface area (Å²) < 4.78 is 6.24. The van der Waals surface area contributed by atoms with Gasteiger partial charge in [0.2, 0.25) is 0 Å². The van der Waals surface area contributed by atoms with Crippen molar-refractivity contribution in [3.8, 4) is 5.69 Å². The van der Waals surface area contributed by atoms with Crippen LogP contribution in [0, 0.1) is 6.92 Å². The molecule has 0 atom stereocenters. The first-order chi connectivity index (χ1) is 14.3. The predicted octanol–water partition coefficient (Wildman–Crippen LogP) is 2.20. The minimum atomic E-state index is -0.308. The Morgan fingerprint density at radius 3 is 2.43 bits per heavy atom. The number of aryl methyl sites for hydroxylation is 1. The van der Waals surface area contributed by atoms with Crippen LogP contribution in [0.25, 0.3) is 5.69 Å². The second-order valence-corrected chi connectivity index (χ2v) is 7.94. The van der Waals surface area contributed by atoms with E-state index in [0.717, 1.165) is 11.3 Å². The van der Waals surface area contributed by atoms with Gasteiger partial charge in [-0.1, -0.05) is 26.0 Å². The summed E-state index contributed by atoms with van der Waals surface area (Å²) in [4.78, 5) is 41.5. The van der Waals surface area contributed by atoms with Crippen molar-refractivity contribution >= 4 is 11.9 Å². The van der Waals surface area contributed by atoms with E-state index in [2.05, 4.69) is 13.8 Å². The number of hydrogen-bond acceptors (Lipinski definition) is 5. The van der Waals surface area contributed by atoms with E-state index in [1.165, 1.54) is 7.11 Å². The molecule has 1 amide bonds. The normalized spacial score (nSPS) is 14.8. The van der Waals surface area contributed by atoms with Crippen molar-refractivity contribution in [2.24, 2.45) is 0 Å². The van der Waals surface area contributed by atoms with Gasteiger partial charge >= 0.3 is 5.97 Å². The van der Waals surface area contributed by atoms with Crippen molar-refractivity contribution in [1.29, 1.82) is 0 Å². The van der Waals surface area contributed by atoms with Gasteiger partial charge in [-0.15, -0.1) is 0 Å². The molecule has 0 unspecified atom stereocenters. The molecule has 0 radical (unpaired) electrons. The fraction of sp³-hybridized carbons (Fsp3) is 0.435. The van der Waals surface area contributed by atoms with Crippen LogP contribution < -0.4 is 5.56 Å². The average molecular weight is 412 g/mol. The van der Waals surface area contributed by atoms with E-state index in [0.29, 0.717) is 37.7 Å². The molecule has 0 aliphatic carbocycles. The first-order valence-electron chi connectivity index (χ1n) is 10.2. The van der Waals surface area contributed by atoms with Crippen LogP contribution >= 0.6 is 0 Å². The minimum Gasteiger partial charge on any atom is -0.468 e. The molecule has 2 aromatic rings. The number of pyridine rings is 1. The molecule has 1 aliphatic heterocycles. The van der Waals surface area contributed by atoms with Crippen molar-refractivity contribution in [3.63, 3.8) is 0 Å². The largest absolute Gasteiger partial charge is 0.468 e. The topological polar surface area (TPSA) is 71.8 Å². The zero-order valence-electron chi connectivity index (χ0n) is 18.1. The zero-order chi connectivity index (χ0) is 21.8. The van der Waals surface area contributed by atoms with Gasteiger partial charge in [0.25, 0.3) is 11.5 Å². The van der Waals surface area contributed by atoms with Crippen LogP contribution in [-0.2, 0) is 9.53 Å². The molecule has 0 bridgehead atoms. The van der Waals surface area contributed by atoms with Crippen LogP contribution in [0.5, 0.6) is 0 Å². The smallest absolute Gasteiger partial charge is 0.319 e. The molecule has 7 heteroatoms. The molecule has 2 heterocycles. The molecule has 1 fully saturated rings. The standard InChI is InChI=1S/C23H29N3O4/c1-16(2)18-6-5-7-19(14-18)26-9-8-17(3)21(23(26)29)22(28)25-12-10-24(11-13-25)15-20(27)30-4/h5-9,14,16H,10-13,15H2,1-4H3. The van der Waals surface area contributed by atoms with Gasteiger partial charge in [0.1, 0.15) is 5.56 Å². The summed E-state index contributed by atoms with van der Waals surface area (Å²) in [5.41, 5.74) is 2.45. The lowest BCUT2D eigenvalue weighted by atomic mass is 10.0. The Bertz CT molecular complexity index is 988. The van der Waals surface area contributed by atoms with Gasteiger partial charge < -0.3 is 9.64 Å². The van der Waals surface area contributed by atoms with Crippen LogP contribution in [0.3, 0.4) is 0 Å². The first kappa shape index (κ1) is 21.8. The molecule has 30 heavy (non-hydrogen) atoms. The van der Waals surface area contributed by atoms with Crippen molar-refractivity contribution in [3.05, 3.63) is 63.6 Å². The van der Waals surface area contributed by atoms with Crippen LogP contribution in [0.15, 0.2) is 41.3 Å². The van der Waals surface area contributed by atoms with E-state index < -0.39 is 0 Å². The minimum absolute atomic E-state index is 0.203. The Morgan fingerprint density at radius 2 is 1.80 bits per heavy atom. The summed E-state index contributed by atoms with van der Waals surface area (Å²) in [5.74, 6) is -0.210. The first-order valence-corrected chi connectivity index (χ1v) is 10.2. The van der Waals surface area contributed by atoms with Crippen molar-refractivity contribution in [2.45, 2.75) is 26.7 Å². The number of amides is 1. The summed E-state index contributed by atoms with van der Waals surface area (Å²) in [6, 6.07) is 9.64. The molecule has 1 aromatic heterocycles. The summed E-state index contributed by atoms with van der Waals surface area (Å²) in [6.45, 7) is 8.27. The number of carbonyl (C=O) groups is 2. The molecular formula is C23H29N3O4.